The van der Waals surface area contributed by atoms with Crippen molar-refractivity contribution in [2.45, 2.75) is 105 Å². The number of hydrogen-bond donors (Lipinski definition) is 0. The van der Waals surface area contributed by atoms with Gasteiger partial charge in [-0.25, -0.2) is 0 Å². The highest BCUT2D eigenvalue weighted by atomic mass is 35.5. The second-order valence-electron chi connectivity index (χ2n) is 11.9. The van der Waals surface area contributed by atoms with Crippen LogP contribution < -0.4 is 0 Å². The summed E-state index contributed by atoms with van der Waals surface area (Å²) in [5.74, 6) is 6.42. The summed E-state index contributed by atoms with van der Waals surface area (Å²) in [5, 5.41) is 0. The summed E-state index contributed by atoms with van der Waals surface area (Å²) in [6, 6.07) is 0. The number of halogens is 1. The van der Waals surface area contributed by atoms with Crippen LogP contribution in [0.3, 0.4) is 0 Å². The van der Waals surface area contributed by atoms with Gasteiger partial charge in [-0.2, -0.15) is 0 Å². The number of fused-ring (bicyclic) bond motifs is 5. The molecule has 0 aromatic carbocycles. The van der Waals surface area contributed by atoms with Gasteiger partial charge >= 0.3 is 0 Å². The molecule has 1 unspecified atom stereocenters. The van der Waals surface area contributed by atoms with Crippen LogP contribution in [-0.2, 0) is 0 Å². The Morgan fingerprint density at radius 2 is 1.86 bits per heavy atom. The fourth-order valence-corrected chi connectivity index (χ4v) is 8.95. The van der Waals surface area contributed by atoms with Crippen LogP contribution in [0.5, 0.6) is 0 Å². The fourth-order valence-electron chi connectivity index (χ4n) is 8.80. The van der Waals surface area contributed by atoms with Crippen molar-refractivity contribution in [1.82, 2.24) is 0 Å². The molecule has 0 amide bonds. The van der Waals surface area contributed by atoms with Gasteiger partial charge in [0.25, 0.3) is 0 Å². The van der Waals surface area contributed by atoms with E-state index in [4.69, 9.17) is 11.6 Å². The standard InChI is InChI=1S/C27H45Cl/c1-19(18-28)8-7-9-20(2)23-13-14-24-22-12-11-21-10-5-6-16-26(21,3)25(22)15-17-27(23,24)4/h10,19-20,22-25H,5-9,11-18H2,1-4H3/t19?,20-,22+,23-,24+,25+,26+,27-/m1/s1. The van der Waals surface area contributed by atoms with Crippen LogP contribution in [0.4, 0.5) is 0 Å². The van der Waals surface area contributed by atoms with Crippen LogP contribution in [-0.4, -0.2) is 5.88 Å². The predicted molar refractivity (Wildman–Crippen MR) is 123 cm³/mol. The highest BCUT2D eigenvalue weighted by Gasteiger charge is 2.59. The van der Waals surface area contributed by atoms with Crippen LogP contribution in [0.25, 0.3) is 0 Å². The molecule has 0 saturated heterocycles. The summed E-state index contributed by atoms with van der Waals surface area (Å²) < 4.78 is 0. The maximum absolute atomic E-state index is 6.03. The van der Waals surface area contributed by atoms with Crippen LogP contribution in [0, 0.1) is 46.3 Å². The monoisotopic (exact) mass is 404 g/mol. The minimum Gasteiger partial charge on any atom is -0.126 e. The Morgan fingerprint density at radius 1 is 1.04 bits per heavy atom. The van der Waals surface area contributed by atoms with Crippen LogP contribution >= 0.6 is 11.6 Å². The van der Waals surface area contributed by atoms with E-state index in [-0.39, 0.29) is 0 Å². The third-order valence-electron chi connectivity index (χ3n) is 10.4. The highest BCUT2D eigenvalue weighted by Crippen LogP contribution is 2.67. The predicted octanol–water partition coefficient (Wildman–Crippen LogP) is 8.64. The number of alkyl halides is 1. The lowest BCUT2D eigenvalue weighted by Gasteiger charge is -2.58. The maximum Gasteiger partial charge on any atom is 0.0249 e. The van der Waals surface area contributed by atoms with Gasteiger partial charge < -0.3 is 0 Å². The van der Waals surface area contributed by atoms with Gasteiger partial charge in [0.2, 0.25) is 0 Å². The van der Waals surface area contributed by atoms with E-state index >= 15 is 0 Å². The Morgan fingerprint density at radius 3 is 2.64 bits per heavy atom. The summed E-state index contributed by atoms with van der Waals surface area (Å²) in [6.07, 6.45) is 20.0. The van der Waals surface area contributed by atoms with Crippen molar-refractivity contribution in [3.8, 4) is 0 Å². The Balaban J connectivity index is 1.45. The Hall–Kier alpha value is 0.0300. The van der Waals surface area contributed by atoms with E-state index in [1.807, 2.05) is 5.57 Å². The van der Waals surface area contributed by atoms with E-state index in [2.05, 4.69) is 33.8 Å². The topological polar surface area (TPSA) is 0 Å². The minimum absolute atomic E-state index is 0.559. The van der Waals surface area contributed by atoms with Gasteiger partial charge in [-0.05, 0) is 111 Å². The van der Waals surface area contributed by atoms with Crippen molar-refractivity contribution in [3.63, 3.8) is 0 Å². The molecule has 28 heavy (non-hydrogen) atoms. The van der Waals surface area contributed by atoms with Crippen molar-refractivity contribution in [2.24, 2.45) is 46.3 Å². The number of allylic oxidation sites excluding steroid dienone is 2. The van der Waals surface area contributed by atoms with Gasteiger partial charge in [0, 0.05) is 5.88 Å². The first-order chi connectivity index (χ1) is 13.4. The molecule has 0 aromatic rings. The Labute approximate surface area is 180 Å². The second kappa shape index (κ2) is 8.28. The number of hydrogen-bond acceptors (Lipinski definition) is 0. The molecule has 1 heteroatoms. The first kappa shape index (κ1) is 21.3. The average Bonchev–Trinajstić information content (AvgIpc) is 3.04. The van der Waals surface area contributed by atoms with Crippen molar-refractivity contribution in [2.75, 3.05) is 5.88 Å². The van der Waals surface area contributed by atoms with Crippen molar-refractivity contribution >= 4 is 11.6 Å². The average molecular weight is 405 g/mol. The highest BCUT2D eigenvalue weighted by molar-refractivity contribution is 6.18. The SMILES string of the molecule is CC(CCl)CCC[C@@H](C)[C@H]1CC[C@H]2[C@@H]3CCC4=CCCC[C@]4(C)[C@H]3CC[C@]12C. The molecule has 8 atom stereocenters. The van der Waals surface area contributed by atoms with Gasteiger partial charge in [-0.15, -0.1) is 11.6 Å². The summed E-state index contributed by atoms with van der Waals surface area (Å²) in [6.45, 7) is 10.3. The lowest BCUT2D eigenvalue weighted by molar-refractivity contribution is -0.0592. The third kappa shape index (κ3) is 3.52. The van der Waals surface area contributed by atoms with Crippen molar-refractivity contribution in [1.29, 1.82) is 0 Å². The molecule has 0 bridgehead atoms. The van der Waals surface area contributed by atoms with E-state index in [0.29, 0.717) is 16.7 Å². The molecule has 0 N–H and O–H groups in total. The molecule has 4 rings (SSSR count). The smallest absolute Gasteiger partial charge is 0.0249 e. The van der Waals surface area contributed by atoms with Gasteiger partial charge in [0.05, 0.1) is 0 Å². The largest absolute Gasteiger partial charge is 0.126 e. The van der Waals surface area contributed by atoms with Crippen LogP contribution in [0.15, 0.2) is 11.6 Å². The van der Waals surface area contributed by atoms with Gasteiger partial charge in [-0.1, -0.05) is 52.2 Å². The van der Waals surface area contributed by atoms with Crippen LogP contribution in [0.1, 0.15) is 105 Å². The molecule has 3 fully saturated rings. The van der Waals surface area contributed by atoms with E-state index in [9.17, 15) is 0 Å². The molecule has 0 nitrogen and oxygen atoms in total. The molecule has 3 saturated carbocycles. The van der Waals surface area contributed by atoms with E-state index in [1.165, 1.54) is 77.0 Å². The van der Waals surface area contributed by atoms with E-state index < -0.39 is 0 Å². The molecule has 4 aliphatic carbocycles. The van der Waals surface area contributed by atoms with Crippen LogP contribution in [0.2, 0.25) is 0 Å². The van der Waals surface area contributed by atoms with Gasteiger partial charge in [-0.3, -0.25) is 0 Å². The molecule has 0 aliphatic heterocycles. The summed E-state index contributed by atoms with van der Waals surface area (Å²) in [7, 11) is 0. The quantitative estimate of drug-likeness (QED) is 0.307. The van der Waals surface area contributed by atoms with Gasteiger partial charge in [0.15, 0.2) is 0 Å². The Kier molecular flexibility index (Phi) is 6.29. The van der Waals surface area contributed by atoms with Gasteiger partial charge in [0.1, 0.15) is 0 Å². The van der Waals surface area contributed by atoms with Crippen molar-refractivity contribution in [3.05, 3.63) is 11.6 Å². The molecular formula is C27H45Cl. The minimum atomic E-state index is 0.559. The fraction of sp³-hybridized carbons (Fsp3) is 0.926. The molecule has 0 spiro atoms. The zero-order valence-electron chi connectivity index (χ0n) is 19.1. The normalized spacial score (nSPS) is 44.8. The zero-order chi connectivity index (χ0) is 19.9. The molecular weight excluding hydrogens is 360 g/mol. The Bertz CT molecular complexity index is 579. The molecule has 0 heterocycles. The zero-order valence-corrected chi connectivity index (χ0v) is 19.9. The van der Waals surface area contributed by atoms with E-state index in [1.54, 1.807) is 0 Å². The lowest BCUT2D eigenvalue weighted by atomic mass is 9.46. The van der Waals surface area contributed by atoms with E-state index in [0.717, 1.165) is 35.5 Å². The molecule has 160 valence electrons. The first-order valence-electron chi connectivity index (χ1n) is 12.7. The lowest BCUT2D eigenvalue weighted by Crippen LogP contribution is -2.50. The molecule has 0 aromatic heterocycles. The second-order valence-corrected chi connectivity index (χ2v) is 12.2. The number of rotatable bonds is 6. The summed E-state index contributed by atoms with van der Waals surface area (Å²) >= 11 is 6.03. The summed E-state index contributed by atoms with van der Waals surface area (Å²) in [4.78, 5) is 0. The third-order valence-corrected chi connectivity index (χ3v) is 10.9. The molecule has 0 radical (unpaired) electrons. The molecule has 4 aliphatic rings. The first-order valence-corrected chi connectivity index (χ1v) is 13.2. The van der Waals surface area contributed by atoms with Crippen molar-refractivity contribution < 1.29 is 0 Å². The summed E-state index contributed by atoms with van der Waals surface area (Å²) in [5.41, 5.74) is 3.05. The maximum atomic E-state index is 6.03.